The number of anilines is 2. The maximum Gasteiger partial charge on any atom is 0.379 e. The Morgan fingerprint density at radius 3 is 2.54 bits per heavy atom. The SMILES string of the molecule is CCOc1ccccc1Nc1ccc(OC(=O)c2ccco2)cc1. The highest BCUT2D eigenvalue weighted by atomic mass is 16.5. The van der Waals surface area contributed by atoms with E-state index in [0.717, 1.165) is 17.1 Å². The average molecular weight is 323 g/mol. The number of esters is 1. The first-order valence-electron chi connectivity index (χ1n) is 7.61. The zero-order chi connectivity index (χ0) is 16.8. The predicted octanol–water partition coefficient (Wildman–Crippen LogP) is 4.64. The van der Waals surface area contributed by atoms with Gasteiger partial charge in [0.2, 0.25) is 5.76 Å². The monoisotopic (exact) mass is 323 g/mol. The fourth-order valence-corrected chi connectivity index (χ4v) is 2.17. The second-order valence-electron chi connectivity index (χ2n) is 4.95. The van der Waals surface area contributed by atoms with Crippen molar-refractivity contribution in [1.82, 2.24) is 0 Å². The Bertz CT molecular complexity index is 794. The molecule has 0 atom stereocenters. The predicted molar refractivity (Wildman–Crippen MR) is 91.0 cm³/mol. The van der Waals surface area contributed by atoms with E-state index < -0.39 is 5.97 Å². The molecule has 0 aliphatic heterocycles. The number of carbonyl (C=O) groups is 1. The first kappa shape index (κ1) is 15.7. The van der Waals surface area contributed by atoms with Gasteiger partial charge in [-0.3, -0.25) is 0 Å². The molecule has 122 valence electrons. The zero-order valence-corrected chi connectivity index (χ0v) is 13.2. The third-order valence-corrected chi connectivity index (χ3v) is 3.25. The summed E-state index contributed by atoms with van der Waals surface area (Å²) in [7, 11) is 0. The summed E-state index contributed by atoms with van der Waals surface area (Å²) in [6.45, 7) is 2.54. The summed E-state index contributed by atoms with van der Waals surface area (Å²) in [4.78, 5) is 11.8. The van der Waals surface area contributed by atoms with Crippen molar-refractivity contribution < 1.29 is 18.7 Å². The summed E-state index contributed by atoms with van der Waals surface area (Å²) < 4.78 is 15.8. The second kappa shape index (κ2) is 7.37. The van der Waals surface area contributed by atoms with Crippen molar-refractivity contribution >= 4 is 17.3 Å². The van der Waals surface area contributed by atoms with Crippen LogP contribution in [0.1, 0.15) is 17.5 Å². The number of benzene rings is 2. The highest BCUT2D eigenvalue weighted by Crippen LogP contribution is 2.28. The van der Waals surface area contributed by atoms with Crippen LogP contribution in [0, 0.1) is 0 Å². The van der Waals surface area contributed by atoms with E-state index in [1.807, 2.05) is 43.3 Å². The van der Waals surface area contributed by atoms with Gasteiger partial charge in [0.1, 0.15) is 11.5 Å². The smallest absolute Gasteiger partial charge is 0.379 e. The average Bonchev–Trinajstić information content (AvgIpc) is 3.13. The lowest BCUT2D eigenvalue weighted by Gasteiger charge is -2.12. The number of nitrogens with one attached hydrogen (secondary N) is 1. The maximum absolute atomic E-state index is 11.8. The van der Waals surface area contributed by atoms with Crippen LogP contribution < -0.4 is 14.8 Å². The maximum atomic E-state index is 11.8. The normalized spacial score (nSPS) is 10.2. The van der Waals surface area contributed by atoms with Crippen LogP contribution in [0.25, 0.3) is 0 Å². The van der Waals surface area contributed by atoms with Crippen molar-refractivity contribution in [3.63, 3.8) is 0 Å². The highest BCUT2D eigenvalue weighted by Gasteiger charge is 2.11. The minimum absolute atomic E-state index is 0.169. The largest absolute Gasteiger partial charge is 0.492 e. The number of furan rings is 1. The first-order valence-corrected chi connectivity index (χ1v) is 7.61. The van der Waals surface area contributed by atoms with Crippen LogP contribution in [0.4, 0.5) is 11.4 Å². The molecule has 0 saturated heterocycles. The highest BCUT2D eigenvalue weighted by molar-refractivity contribution is 5.88. The molecule has 0 saturated carbocycles. The van der Waals surface area contributed by atoms with Gasteiger partial charge in [0.25, 0.3) is 0 Å². The molecule has 1 aromatic heterocycles. The molecule has 0 radical (unpaired) electrons. The molecule has 0 spiro atoms. The molecule has 0 aliphatic carbocycles. The van der Waals surface area contributed by atoms with E-state index in [9.17, 15) is 4.79 Å². The van der Waals surface area contributed by atoms with E-state index in [4.69, 9.17) is 13.9 Å². The molecular weight excluding hydrogens is 306 g/mol. The Labute approximate surface area is 139 Å². The summed E-state index contributed by atoms with van der Waals surface area (Å²) in [5, 5.41) is 3.28. The van der Waals surface area contributed by atoms with E-state index in [1.165, 1.54) is 6.26 Å². The van der Waals surface area contributed by atoms with Gasteiger partial charge in [0, 0.05) is 5.69 Å². The van der Waals surface area contributed by atoms with Gasteiger partial charge in [-0.2, -0.15) is 0 Å². The summed E-state index contributed by atoms with van der Waals surface area (Å²) in [5.41, 5.74) is 1.74. The van der Waals surface area contributed by atoms with Crippen molar-refractivity contribution in [3.05, 3.63) is 72.7 Å². The minimum Gasteiger partial charge on any atom is -0.492 e. The molecule has 0 aliphatic rings. The summed E-state index contributed by atoms with van der Waals surface area (Å²) >= 11 is 0. The lowest BCUT2D eigenvalue weighted by Crippen LogP contribution is -2.07. The molecule has 0 unspecified atom stereocenters. The molecule has 0 fully saturated rings. The van der Waals surface area contributed by atoms with Crippen LogP contribution in [0.3, 0.4) is 0 Å². The van der Waals surface area contributed by atoms with Crippen LogP contribution >= 0.6 is 0 Å². The topological polar surface area (TPSA) is 60.7 Å². The summed E-state index contributed by atoms with van der Waals surface area (Å²) in [6, 6.07) is 18.0. The molecule has 2 aromatic carbocycles. The van der Waals surface area contributed by atoms with Gasteiger partial charge < -0.3 is 19.2 Å². The van der Waals surface area contributed by atoms with E-state index >= 15 is 0 Å². The van der Waals surface area contributed by atoms with Crippen LogP contribution in [-0.4, -0.2) is 12.6 Å². The van der Waals surface area contributed by atoms with Crippen molar-refractivity contribution in [2.45, 2.75) is 6.92 Å². The van der Waals surface area contributed by atoms with Crippen LogP contribution in [-0.2, 0) is 0 Å². The lowest BCUT2D eigenvalue weighted by molar-refractivity contribution is 0.0701. The van der Waals surface area contributed by atoms with Gasteiger partial charge in [0.15, 0.2) is 0 Å². The molecule has 5 heteroatoms. The van der Waals surface area contributed by atoms with Gasteiger partial charge in [-0.25, -0.2) is 4.79 Å². The Hall–Kier alpha value is -3.21. The standard InChI is InChI=1S/C19H17NO4/c1-2-22-17-7-4-3-6-16(17)20-14-9-11-15(12-10-14)24-19(21)18-8-5-13-23-18/h3-13,20H,2H2,1H3. The quantitative estimate of drug-likeness (QED) is 0.529. The van der Waals surface area contributed by atoms with Gasteiger partial charge in [0.05, 0.1) is 18.6 Å². The minimum atomic E-state index is -0.526. The molecule has 0 amide bonds. The molecule has 3 aromatic rings. The zero-order valence-electron chi connectivity index (χ0n) is 13.2. The van der Waals surface area contributed by atoms with Gasteiger partial charge >= 0.3 is 5.97 Å². The van der Waals surface area contributed by atoms with Gasteiger partial charge in [-0.05, 0) is 55.5 Å². The molecular formula is C19H17NO4. The third-order valence-electron chi connectivity index (χ3n) is 3.25. The Kier molecular flexibility index (Phi) is 4.81. The summed E-state index contributed by atoms with van der Waals surface area (Å²) in [5.74, 6) is 0.874. The van der Waals surface area contributed by atoms with Crippen LogP contribution in [0.5, 0.6) is 11.5 Å². The number of carbonyl (C=O) groups excluding carboxylic acids is 1. The number of hydrogen-bond donors (Lipinski definition) is 1. The fourth-order valence-electron chi connectivity index (χ4n) is 2.17. The third kappa shape index (κ3) is 3.76. The molecule has 1 heterocycles. The Balaban J connectivity index is 1.68. The van der Waals surface area contributed by atoms with E-state index in [0.29, 0.717) is 12.4 Å². The Morgan fingerprint density at radius 2 is 1.83 bits per heavy atom. The van der Waals surface area contributed by atoms with E-state index in [1.54, 1.807) is 24.3 Å². The van der Waals surface area contributed by atoms with Crippen molar-refractivity contribution in [2.24, 2.45) is 0 Å². The van der Waals surface area contributed by atoms with Crippen molar-refractivity contribution in [1.29, 1.82) is 0 Å². The van der Waals surface area contributed by atoms with Crippen LogP contribution in [0.15, 0.2) is 71.3 Å². The van der Waals surface area contributed by atoms with Crippen LogP contribution in [0.2, 0.25) is 0 Å². The van der Waals surface area contributed by atoms with E-state index in [2.05, 4.69) is 5.32 Å². The van der Waals surface area contributed by atoms with Crippen molar-refractivity contribution in [3.8, 4) is 11.5 Å². The number of para-hydroxylation sites is 2. The lowest BCUT2D eigenvalue weighted by atomic mass is 10.2. The molecule has 3 rings (SSSR count). The Morgan fingerprint density at radius 1 is 1.04 bits per heavy atom. The van der Waals surface area contributed by atoms with Crippen molar-refractivity contribution in [2.75, 3.05) is 11.9 Å². The number of ether oxygens (including phenoxy) is 2. The second-order valence-corrected chi connectivity index (χ2v) is 4.95. The summed E-state index contributed by atoms with van der Waals surface area (Å²) in [6.07, 6.45) is 1.43. The molecule has 24 heavy (non-hydrogen) atoms. The van der Waals surface area contributed by atoms with E-state index in [-0.39, 0.29) is 5.76 Å². The molecule has 5 nitrogen and oxygen atoms in total. The fraction of sp³-hybridized carbons (Fsp3) is 0.105. The number of hydrogen-bond acceptors (Lipinski definition) is 5. The molecule has 1 N–H and O–H groups in total. The number of rotatable bonds is 6. The van der Waals surface area contributed by atoms with Gasteiger partial charge in [-0.15, -0.1) is 0 Å². The first-order chi connectivity index (χ1) is 11.8. The van der Waals surface area contributed by atoms with Gasteiger partial charge in [-0.1, -0.05) is 12.1 Å². The molecule has 0 bridgehead atoms.